The summed E-state index contributed by atoms with van der Waals surface area (Å²) < 4.78 is 0. The lowest BCUT2D eigenvalue weighted by atomic mass is 10.00. The normalized spacial score (nSPS) is 33.7. The average molecular weight is 253 g/mol. The first-order valence-electron chi connectivity index (χ1n) is 7.89. The number of likely N-dealkylation sites (N-methyl/N-ethyl adjacent to an activating group) is 2. The van der Waals surface area contributed by atoms with Crippen LogP contribution < -0.4 is 5.73 Å². The summed E-state index contributed by atoms with van der Waals surface area (Å²) in [5, 5.41) is 0. The Bertz CT molecular complexity index is 244. The van der Waals surface area contributed by atoms with Gasteiger partial charge in [-0.1, -0.05) is 13.3 Å². The first-order chi connectivity index (χ1) is 8.70. The molecule has 0 spiro atoms. The van der Waals surface area contributed by atoms with Gasteiger partial charge in [-0.15, -0.1) is 0 Å². The summed E-state index contributed by atoms with van der Waals surface area (Å²) in [6, 6.07) is 1.29. The van der Waals surface area contributed by atoms with Crippen molar-refractivity contribution < 1.29 is 0 Å². The van der Waals surface area contributed by atoms with Crippen molar-refractivity contribution in [3.63, 3.8) is 0 Å². The van der Waals surface area contributed by atoms with Gasteiger partial charge in [-0.25, -0.2) is 0 Å². The van der Waals surface area contributed by atoms with Crippen molar-refractivity contribution in [2.24, 2.45) is 11.7 Å². The minimum Gasteiger partial charge on any atom is -0.327 e. The number of nitrogens with zero attached hydrogens (tertiary/aromatic N) is 2. The fourth-order valence-corrected chi connectivity index (χ4v) is 3.78. The van der Waals surface area contributed by atoms with Crippen LogP contribution in [0.2, 0.25) is 0 Å². The number of nitrogens with two attached hydrogens (primary N) is 1. The van der Waals surface area contributed by atoms with Crippen LogP contribution >= 0.6 is 0 Å². The van der Waals surface area contributed by atoms with E-state index in [-0.39, 0.29) is 0 Å². The molecule has 1 saturated carbocycles. The summed E-state index contributed by atoms with van der Waals surface area (Å²) in [4.78, 5) is 5.17. The third-order valence-corrected chi connectivity index (χ3v) is 5.03. The Balaban J connectivity index is 1.66. The van der Waals surface area contributed by atoms with Crippen LogP contribution in [0.4, 0.5) is 0 Å². The molecule has 18 heavy (non-hydrogen) atoms. The fourth-order valence-electron chi connectivity index (χ4n) is 3.78. The number of rotatable bonds is 6. The van der Waals surface area contributed by atoms with Crippen LogP contribution in [0.15, 0.2) is 0 Å². The Labute approximate surface area is 113 Å². The smallest absolute Gasteiger partial charge is 0.0223 e. The molecule has 1 heterocycles. The molecule has 2 N–H and O–H groups in total. The molecule has 2 rings (SSSR count). The van der Waals surface area contributed by atoms with Gasteiger partial charge < -0.3 is 10.6 Å². The highest BCUT2D eigenvalue weighted by Gasteiger charge is 2.26. The van der Waals surface area contributed by atoms with Gasteiger partial charge in [0.2, 0.25) is 0 Å². The standard InChI is InChI=1S/C15H31N3/c1-3-18-10-5-7-14(18)12-17(2)11-9-13-6-4-8-15(13)16/h13-15H,3-12,16H2,1-2H3. The molecule has 106 valence electrons. The number of hydrogen-bond donors (Lipinski definition) is 1. The lowest BCUT2D eigenvalue weighted by Crippen LogP contribution is -2.39. The van der Waals surface area contributed by atoms with Crippen LogP contribution in [-0.4, -0.2) is 55.1 Å². The van der Waals surface area contributed by atoms with Gasteiger partial charge >= 0.3 is 0 Å². The van der Waals surface area contributed by atoms with Gasteiger partial charge in [-0.2, -0.15) is 0 Å². The van der Waals surface area contributed by atoms with E-state index < -0.39 is 0 Å². The maximum Gasteiger partial charge on any atom is 0.0223 e. The van der Waals surface area contributed by atoms with Crippen LogP contribution in [-0.2, 0) is 0 Å². The maximum atomic E-state index is 6.15. The lowest BCUT2D eigenvalue weighted by Gasteiger charge is -2.28. The molecule has 1 aliphatic carbocycles. The highest BCUT2D eigenvalue weighted by Crippen LogP contribution is 2.27. The zero-order valence-electron chi connectivity index (χ0n) is 12.3. The molecule has 1 aliphatic heterocycles. The Kier molecular flexibility index (Phi) is 5.46. The number of likely N-dealkylation sites (tertiary alicyclic amines) is 1. The van der Waals surface area contributed by atoms with Crippen LogP contribution in [0.1, 0.15) is 45.4 Å². The van der Waals surface area contributed by atoms with Crippen molar-refractivity contribution in [3.05, 3.63) is 0 Å². The molecule has 2 fully saturated rings. The van der Waals surface area contributed by atoms with Crippen molar-refractivity contribution in [1.82, 2.24) is 9.80 Å². The van der Waals surface area contributed by atoms with Crippen LogP contribution in [0.25, 0.3) is 0 Å². The van der Waals surface area contributed by atoms with E-state index in [4.69, 9.17) is 5.73 Å². The second kappa shape index (κ2) is 6.88. The molecule has 0 bridgehead atoms. The van der Waals surface area contributed by atoms with E-state index in [0.717, 1.165) is 12.0 Å². The van der Waals surface area contributed by atoms with E-state index in [2.05, 4.69) is 23.8 Å². The molecule has 3 heteroatoms. The largest absolute Gasteiger partial charge is 0.327 e. The van der Waals surface area contributed by atoms with Gasteiger partial charge in [0.25, 0.3) is 0 Å². The Morgan fingerprint density at radius 2 is 2.06 bits per heavy atom. The Morgan fingerprint density at radius 1 is 1.22 bits per heavy atom. The summed E-state index contributed by atoms with van der Waals surface area (Å²) in [6.07, 6.45) is 8.04. The SMILES string of the molecule is CCN1CCCC1CN(C)CCC1CCCC1N. The van der Waals surface area contributed by atoms with Gasteiger partial charge in [0, 0.05) is 18.6 Å². The van der Waals surface area contributed by atoms with Crippen molar-refractivity contribution in [2.45, 2.75) is 57.5 Å². The molecular formula is C15H31N3. The van der Waals surface area contributed by atoms with E-state index in [1.807, 2.05) is 0 Å². The van der Waals surface area contributed by atoms with E-state index >= 15 is 0 Å². The average Bonchev–Trinajstić information content (AvgIpc) is 2.95. The molecule has 3 atom stereocenters. The quantitative estimate of drug-likeness (QED) is 0.785. The van der Waals surface area contributed by atoms with E-state index in [0.29, 0.717) is 6.04 Å². The summed E-state index contributed by atoms with van der Waals surface area (Å²) in [5.74, 6) is 0.790. The molecule has 0 aromatic heterocycles. The minimum atomic E-state index is 0.483. The van der Waals surface area contributed by atoms with Crippen molar-refractivity contribution in [2.75, 3.05) is 33.2 Å². The molecule has 0 aromatic rings. The molecule has 3 nitrogen and oxygen atoms in total. The monoisotopic (exact) mass is 253 g/mol. The van der Waals surface area contributed by atoms with Crippen molar-refractivity contribution in [3.8, 4) is 0 Å². The zero-order chi connectivity index (χ0) is 13.0. The van der Waals surface area contributed by atoms with Crippen LogP contribution in [0, 0.1) is 5.92 Å². The second-order valence-electron chi connectivity index (χ2n) is 6.33. The first-order valence-corrected chi connectivity index (χ1v) is 7.89. The van der Waals surface area contributed by atoms with Gasteiger partial charge in [0.15, 0.2) is 0 Å². The van der Waals surface area contributed by atoms with Gasteiger partial charge in [0.1, 0.15) is 0 Å². The molecular weight excluding hydrogens is 222 g/mol. The molecule has 0 radical (unpaired) electrons. The van der Waals surface area contributed by atoms with E-state index in [1.54, 1.807) is 0 Å². The maximum absolute atomic E-state index is 6.15. The highest BCUT2D eigenvalue weighted by molar-refractivity contribution is 4.83. The highest BCUT2D eigenvalue weighted by atomic mass is 15.2. The molecule has 2 aliphatic rings. The molecule has 0 aromatic carbocycles. The van der Waals surface area contributed by atoms with Gasteiger partial charge in [-0.3, -0.25) is 4.90 Å². The van der Waals surface area contributed by atoms with Crippen molar-refractivity contribution in [1.29, 1.82) is 0 Å². The topological polar surface area (TPSA) is 32.5 Å². The van der Waals surface area contributed by atoms with Gasteiger partial charge in [0.05, 0.1) is 0 Å². The zero-order valence-corrected chi connectivity index (χ0v) is 12.3. The lowest BCUT2D eigenvalue weighted by molar-refractivity contribution is 0.191. The predicted molar refractivity (Wildman–Crippen MR) is 77.7 cm³/mol. The summed E-state index contributed by atoms with van der Waals surface area (Å²) >= 11 is 0. The summed E-state index contributed by atoms with van der Waals surface area (Å²) in [6.45, 7) is 7.28. The Hall–Kier alpha value is -0.120. The number of hydrogen-bond acceptors (Lipinski definition) is 3. The van der Waals surface area contributed by atoms with Crippen LogP contribution in [0.5, 0.6) is 0 Å². The Morgan fingerprint density at radius 3 is 2.72 bits per heavy atom. The van der Waals surface area contributed by atoms with E-state index in [9.17, 15) is 0 Å². The molecule has 1 saturated heterocycles. The summed E-state index contributed by atoms with van der Waals surface area (Å²) in [7, 11) is 2.28. The molecule has 0 amide bonds. The third-order valence-electron chi connectivity index (χ3n) is 5.03. The first kappa shape index (κ1) is 14.3. The van der Waals surface area contributed by atoms with E-state index in [1.165, 1.54) is 64.7 Å². The van der Waals surface area contributed by atoms with Crippen molar-refractivity contribution >= 4 is 0 Å². The fraction of sp³-hybridized carbons (Fsp3) is 1.00. The van der Waals surface area contributed by atoms with Crippen LogP contribution in [0.3, 0.4) is 0 Å². The van der Waals surface area contributed by atoms with Gasteiger partial charge in [-0.05, 0) is 64.7 Å². The predicted octanol–water partition coefficient (Wildman–Crippen LogP) is 1.92. The third kappa shape index (κ3) is 3.69. The second-order valence-corrected chi connectivity index (χ2v) is 6.33. The minimum absolute atomic E-state index is 0.483. The summed E-state index contributed by atoms with van der Waals surface area (Å²) in [5.41, 5.74) is 6.15. The molecule has 3 unspecified atom stereocenters.